The molecule has 2 aromatic carbocycles. The van der Waals surface area contributed by atoms with Gasteiger partial charge in [0.1, 0.15) is 0 Å². The standard InChI is InChI=1S/C16H15N3O4S/c1-9-7-14-15(8-13(9)17)19(16(21)18-14)24(22,23)12-5-3-11(4-6-12)10(2)20/h3-8H,17H2,1-2H3,(H,18,21). The number of fused-ring (bicyclic) bond motifs is 1. The van der Waals surface area contributed by atoms with E-state index in [4.69, 9.17) is 5.73 Å². The molecule has 3 N–H and O–H groups in total. The van der Waals surface area contributed by atoms with Crippen LogP contribution in [0.3, 0.4) is 0 Å². The van der Waals surface area contributed by atoms with E-state index < -0.39 is 15.7 Å². The van der Waals surface area contributed by atoms with E-state index in [1.807, 2.05) is 0 Å². The molecule has 0 atom stereocenters. The van der Waals surface area contributed by atoms with Gasteiger partial charge >= 0.3 is 5.69 Å². The van der Waals surface area contributed by atoms with E-state index >= 15 is 0 Å². The molecule has 0 amide bonds. The molecule has 0 bridgehead atoms. The number of aryl methyl sites for hydroxylation is 1. The number of hydrogen-bond donors (Lipinski definition) is 2. The first-order valence-corrected chi connectivity index (χ1v) is 8.53. The molecule has 8 heteroatoms. The zero-order valence-electron chi connectivity index (χ0n) is 13.0. The SMILES string of the molecule is CC(=O)c1ccc(S(=O)(=O)n2c(=O)[nH]c3cc(C)c(N)cc32)cc1. The summed E-state index contributed by atoms with van der Waals surface area (Å²) in [5, 5.41) is 0. The molecule has 0 radical (unpaired) electrons. The van der Waals surface area contributed by atoms with Gasteiger partial charge in [0.05, 0.1) is 15.9 Å². The Bertz CT molecular complexity index is 1120. The fourth-order valence-corrected chi connectivity index (χ4v) is 3.83. The summed E-state index contributed by atoms with van der Waals surface area (Å²) < 4.78 is 26.3. The van der Waals surface area contributed by atoms with Crippen molar-refractivity contribution in [3.8, 4) is 0 Å². The number of carbonyl (C=O) groups is 1. The Balaban J connectivity index is 2.25. The lowest BCUT2D eigenvalue weighted by Gasteiger charge is -2.07. The van der Waals surface area contributed by atoms with Crippen molar-refractivity contribution in [3.63, 3.8) is 0 Å². The van der Waals surface area contributed by atoms with Crippen LogP contribution >= 0.6 is 0 Å². The summed E-state index contributed by atoms with van der Waals surface area (Å²) >= 11 is 0. The molecule has 0 spiro atoms. The third-order valence-electron chi connectivity index (χ3n) is 3.83. The summed E-state index contributed by atoms with van der Waals surface area (Å²) in [5.41, 5.74) is 7.14. The van der Waals surface area contributed by atoms with Crippen molar-refractivity contribution in [2.24, 2.45) is 0 Å². The summed E-state index contributed by atoms with van der Waals surface area (Å²) in [6.07, 6.45) is 0. The van der Waals surface area contributed by atoms with Crippen molar-refractivity contribution in [2.75, 3.05) is 5.73 Å². The third kappa shape index (κ3) is 2.41. The molecule has 1 heterocycles. The smallest absolute Gasteiger partial charge is 0.340 e. The van der Waals surface area contributed by atoms with Gasteiger partial charge in [-0.1, -0.05) is 12.1 Å². The number of hydrogen-bond acceptors (Lipinski definition) is 5. The Morgan fingerprint density at radius 1 is 1.17 bits per heavy atom. The van der Waals surface area contributed by atoms with E-state index in [1.54, 1.807) is 13.0 Å². The molecule has 0 aliphatic heterocycles. The second kappa shape index (κ2) is 5.34. The van der Waals surface area contributed by atoms with Crippen molar-refractivity contribution in [1.29, 1.82) is 0 Å². The van der Waals surface area contributed by atoms with Crippen LogP contribution in [-0.2, 0) is 10.0 Å². The van der Waals surface area contributed by atoms with Crippen LogP contribution in [0.15, 0.2) is 46.1 Å². The number of nitrogens with zero attached hydrogens (tertiary/aromatic N) is 1. The van der Waals surface area contributed by atoms with Gasteiger partial charge in [-0.2, -0.15) is 3.97 Å². The van der Waals surface area contributed by atoms with Crippen molar-refractivity contribution in [2.45, 2.75) is 18.7 Å². The van der Waals surface area contributed by atoms with Crippen molar-refractivity contribution in [1.82, 2.24) is 8.96 Å². The number of nitrogens with one attached hydrogen (secondary N) is 1. The highest BCUT2D eigenvalue weighted by Crippen LogP contribution is 2.23. The fraction of sp³-hybridized carbons (Fsp3) is 0.125. The molecule has 0 fully saturated rings. The van der Waals surface area contributed by atoms with Crippen LogP contribution in [0, 0.1) is 6.92 Å². The first-order valence-electron chi connectivity index (χ1n) is 7.09. The summed E-state index contributed by atoms with van der Waals surface area (Å²) in [5.74, 6) is -0.175. The Kier molecular flexibility index (Phi) is 3.56. The molecule has 3 aromatic rings. The maximum atomic E-state index is 12.8. The first kappa shape index (κ1) is 16.0. The van der Waals surface area contributed by atoms with Gasteiger partial charge in [-0.15, -0.1) is 0 Å². The Labute approximate surface area is 137 Å². The summed E-state index contributed by atoms with van der Waals surface area (Å²) in [6, 6.07) is 8.49. The van der Waals surface area contributed by atoms with Crippen LogP contribution in [0.4, 0.5) is 5.69 Å². The normalized spacial score (nSPS) is 11.8. The second-order valence-electron chi connectivity index (χ2n) is 5.51. The lowest BCUT2D eigenvalue weighted by Crippen LogP contribution is -2.25. The van der Waals surface area contributed by atoms with Crippen molar-refractivity contribution >= 4 is 32.5 Å². The van der Waals surface area contributed by atoms with Crippen molar-refractivity contribution in [3.05, 3.63) is 58.0 Å². The number of nitrogen functional groups attached to an aromatic ring is 1. The van der Waals surface area contributed by atoms with E-state index in [-0.39, 0.29) is 16.2 Å². The van der Waals surface area contributed by atoms with Crippen LogP contribution in [0.5, 0.6) is 0 Å². The molecule has 24 heavy (non-hydrogen) atoms. The monoisotopic (exact) mass is 345 g/mol. The van der Waals surface area contributed by atoms with Gasteiger partial charge in [0.25, 0.3) is 10.0 Å². The topological polar surface area (TPSA) is 115 Å². The minimum atomic E-state index is -4.12. The average Bonchev–Trinajstić information content (AvgIpc) is 2.83. The molecule has 0 saturated carbocycles. The second-order valence-corrected chi connectivity index (χ2v) is 7.29. The van der Waals surface area contributed by atoms with E-state index in [2.05, 4.69) is 4.98 Å². The van der Waals surface area contributed by atoms with Gasteiger partial charge in [-0.05, 0) is 43.7 Å². The predicted molar refractivity (Wildman–Crippen MR) is 90.7 cm³/mol. The number of H-pyrrole nitrogens is 1. The van der Waals surface area contributed by atoms with Crippen LogP contribution in [0.25, 0.3) is 11.0 Å². The molecule has 7 nitrogen and oxygen atoms in total. The van der Waals surface area contributed by atoms with Crippen molar-refractivity contribution < 1.29 is 13.2 Å². The Morgan fingerprint density at radius 3 is 2.38 bits per heavy atom. The van der Waals surface area contributed by atoms with E-state index in [0.29, 0.717) is 20.7 Å². The molecular formula is C16H15N3O4S. The van der Waals surface area contributed by atoms with Gasteiger partial charge in [0.15, 0.2) is 5.78 Å². The average molecular weight is 345 g/mol. The van der Waals surface area contributed by atoms with Crippen LogP contribution in [0.1, 0.15) is 22.8 Å². The Hall–Kier alpha value is -2.87. The number of anilines is 1. The summed E-state index contributed by atoms with van der Waals surface area (Å²) in [4.78, 5) is 25.9. The highest BCUT2D eigenvalue weighted by atomic mass is 32.2. The molecule has 0 saturated heterocycles. The molecular weight excluding hydrogens is 330 g/mol. The van der Waals surface area contributed by atoms with Gasteiger partial charge in [-0.25, -0.2) is 13.2 Å². The number of imidazole rings is 1. The number of aromatic amines is 1. The highest BCUT2D eigenvalue weighted by molar-refractivity contribution is 7.90. The number of nitrogens with two attached hydrogens (primary N) is 1. The van der Waals surface area contributed by atoms with Crippen LogP contribution in [-0.4, -0.2) is 23.2 Å². The molecule has 3 rings (SSSR count). The van der Waals surface area contributed by atoms with Gasteiger partial charge in [-0.3, -0.25) is 4.79 Å². The van der Waals surface area contributed by atoms with Crippen LogP contribution in [0.2, 0.25) is 0 Å². The van der Waals surface area contributed by atoms with Crippen LogP contribution < -0.4 is 11.4 Å². The molecule has 0 aliphatic rings. The summed E-state index contributed by atoms with van der Waals surface area (Å²) in [6.45, 7) is 3.15. The molecule has 0 aliphatic carbocycles. The number of carbonyl (C=O) groups excluding carboxylic acids is 1. The van der Waals surface area contributed by atoms with Gasteiger partial charge in [0.2, 0.25) is 0 Å². The lowest BCUT2D eigenvalue weighted by molar-refractivity contribution is 0.101. The number of Topliss-reactive ketones (excluding diaryl/α,β-unsaturated/α-hetero) is 1. The maximum Gasteiger partial charge on any atom is 0.340 e. The molecule has 1 aromatic heterocycles. The summed E-state index contributed by atoms with van der Waals surface area (Å²) in [7, 11) is -4.12. The maximum absolute atomic E-state index is 12.8. The number of benzene rings is 2. The Morgan fingerprint density at radius 2 is 1.79 bits per heavy atom. The van der Waals surface area contributed by atoms with E-state index in [1.165, 1.54) is 37.3 Å². The third-order valence-corrected chi connectivity index (χ3v) is 5.54. The quantitative estimate of drug-likeness (QED) is 0.553. The number of ketones is 1. The van der Waals surface area contributed by atoms with E-state index in [9.17, 15) is 18.0 Å². The first-order chi connectivity index (χ1) is 11.2. The number of rotatable bonds is 3. The molecule has 124 valence electrons. The molecule has 0 unspecified atom stereocenters. The zero-order chi connectivity index (χ0) is 17.6. The van der Waals surface area contributed by atoms with Gasteiger partial charge in [0, 0.05) is 11.3 Å². The highest BCUT2D eigenvalue weighted by Gasteiger charge is 2.23. The minimum Gasteiger partial charge on any atom is -0.398 e. The lowest BCUT2D eigenvalue weighted by atomic mass is 10.2. The minimum absolute atomic E-state index is 0.0883. The largest absolute Gasteiger partial charge is 0.398 e. The number of aromatic nitrogens is 2. The zero-order valence-corrected chi connectivity index (χ0v) is 13.8. The van der Waals surface area contributed by atoms with Gasteiger partial charge < -0.3 is 10.7 Å². The fourth-order valence-electron chi connectivity index (χ4n) is 2.46. The predicted octanol–water partition coefficient (Wildman–Crippen LogP) is 1.66. The van der Waals surface area contributed by atoms with E-state index in [0.717, 1.165) is 5.56 Å².